The maximum atomic E-state index is 6.02. The smallest absolute Gasteiger partial charge is 0.180 e. The second kappa shape index (κ2) is 4.80. The fourth-order valence-electron chi connectivity index (χ4n) is 1.56. The molecule has 2 heterocycles. The molecule has 0 aliphatic heterocycles. The Hall–Kier alpha value is -1.48. The molecule has 0 spiro atoms. The number of hydrogen-bond acceptors (Lipinski definition) is 3. The average molecular weight is 248 g/mol. The molecule has 4 heteroatoms. The summed E-state index contributed by atoms with van der Waals surface area (Å²) < 4.78 is 0. The molecule has 2 rings (SSSR count). The van der Waals surface area contributed by atoms with E-state index in [-0.39, 0.29) is 0 Å². The summed E-state index contributed by atoms with van der Waals surface area (Å²) in [6.45, 7) is 6.14. The summed E-state index contributed by atoms with van der Waals surface area (Å²) in [5.41, 5.74) is 2.77. The van der Waals surface area contributed by atoms with Crippen LogP contribution in [0.15, 0.2) is 24.4 Å². The molecular formula is C13H14ClN3. The van der Waals surface area contributed by atoms with Gasteiger partial charge in [-0.2, -0.15) is 0 Å². The molecule has 0 saturated heterocycles. The third-order valence-corrected chi connectivity index (χ3v) is 2.72. The molecule has 0 fully saturated rings. The molecule has 3 nitrogen and oxygen atoms in total. The average Bonchev–Trinajstić information content (AvgIpc) is 2.28. The lowest BCUT2D eigenvalue weighted by Gasteiger charge is -2.08. The summed E-state index contributed by atoms with van der Waals surface area (Å²) >= 11 is 6.02. The van der Waals surface area contributed by atoms with E-state index >= 15 is 0 Å². The molecule has 0 unspecified atom stereocenters. The zero-order valence-corrected chi connectivity index (χ0v) is 10.9. The Labute approximate surface area is 106 Å². The van der Waals surface area contributed by atoms with Crippen molar-refractivity contribution in [3.8, 4) is 11.5 Å². The minimum atomic E-state index is 0.318. The van der Waals surface area contributed by atoms with Crippen LogP contribution in [0.2, 0.25) is 5.15 Å². The zero-order valence-electron chi connectivity index (χ0n) is 10.1. The first-order valence-corrected chi connectivity index (χ1v) is 5.92. The summed E-state index contributed by atoms with van der Waals surface area (Å²) in [6, 6.07) is 5.68. The molecule has 0 bridgehead atoms. The van der Waals surface area contributed by atoms with Crippen molar-refractivity contribution in [1.82, 2.24) is 15.0 Å². The number of rotatable bonds is 2. The van der Waals surface area contributed by atoms with Crippen LogP contribution in [0.4, 0.5) is 0 Å². The van der Waals surface area contributed by atoms with E-state index in [2.05, 4.69) is 28.8 Å². The first-order valence-electron chi connectivity index (χ1n) is 5.54. The van der Waals surface area contributed by atoms with Crippen LogP contribution in [-0.2, 0) is 0 Å². The Balaban J connectivity index is 2.56. The molecule has 0 atom stereocenters. The molecule has 2 aromatic rings. The molecule has 88 valence electrons. The van der Waals surface area contributed by atoms with Crippen LogP contribution in [0.5, 0.6) is 0 Å². The molecule has 2 aromatic heterocycles. The molecule has 0 aliphatic rings. The minimum Gasteiger partial charge on any atom is -0.253 e. The largest absolute Gasteiger partial charge is 0.253 e. The summed E-state index contributed by atoms with van der Waals surface area (Å²) in [5.74, 6) is 0.914. The van der Waals surface area contributed by atoms with Crippen molar-refractivity contribution in [1.29, 1.82) is 0 Å². The summed E-state index contributed by atoms with van der Waals surface area (Å²) in [5, 5.41) is 0.462. The number of halogens is 1. The monoisotopic (exact) mass is 247 g/mol. The summed E-state index contributed by atoms with van der Waals surface area (Å²) in [4.78, 5) is 13.1. The van der Waals surface area contributed by atoms with Crippen LogP contribution in [0.1, 0.15) is 31.0 Å². The summed E-state index contributed by atoms with van der Waals surface area (Å²) in [6.07, 6.45) is 1.74. The summed E-state index contributed by atoms with van der Waals surface area (Å²) in [7, 11) is 0. The number of aryl methyl sites for hydroxylation is 1. The second-order valence-corrected chi connectivity index (χ2v) is 4.65. The number of pyridine rings is 1. The first kappa shape index (κ1) is 12.0. The van der Waals surface area contributed by atoms with Crippen LogP contribution in [0, 0.1) is 6.92 Å². The van der Waals surface area contributed by atoms with Gasteiger partial charge < -0.3 is 0 Å². The van der Waals surface area contributed by atoms with Crippen molar-refractivity contribution >= 4 is 11.6 Å². The van der Waals surface area contributed by atoms with Gasteiger partial charge in [-0.05, 0) is 30.5 Å². The van der Waals surface area contributed by atoms with Gasteiger partial charge in [0.2, 0.25) is 0 Å². The topological polar surface area (TPSA) is 38.7 Å². The Kier molecular flexibility index (Phi) is 3.38. The lowest BCUT2D eigenvalue weighted by Crippen LogP contribution is -2.00. The molecule has 0 radical (unpaired) electrons. The van der Waals surface area contributed by atoms with Gasteiger partial charge in [0.1, 0.15) is 10.8 Å². The molecule has 17 heavy (non-hydrogen) atoms. The number of hydrogen-bond donors (Lipinski definition) is 0. The quantitative estimate of drug-likeness (QED) is 0.761. The van der Waals surface area contributed by atoms with E-state index in [1.54, 1.807) is 12.3 Å². The van der Waals surface area contributed by atoms with E-state index in [0.717, 1.165) is 17.0 Å². The van der Waals surface area contributed by atoms with E-state index in [4.69, 9.17) is 11.6 Å². The van der Waals surface area contributed by atoms with E-state index in [1.807, 2.05) is 19.1 Å². The predicted octanol–water partition coefficient (Wildman–Crippen LogP) is 3.62. The van der Waals surface area contributed by atoms with Gasteiger partial charge in [-0.25, -0.2) is 9.97 Å². The second-order valence-electron chi connectivity index (χ2n) is 4.26. The fourth-order valence-corrected chi connectivity index (χ4v) is 1.75. The fraction of sp³-hybridized carbons (Fsp3) is 0.308. The molecule has 0 aromatic carbocycles. The van der Waals surface area contributed by atoms with Crippen LogP contribution < -0.4 is 0 Å². The van der Waals surface area contributed by atoms with Crippen molar-refractivity contribution in [2.75, 3.05) is 0 Å². The Morgan fingerprint density at radius 3 is 2.65 bits per heavy atom. The van der Waals surface area contributed by atoms with E-state index < -0.39 is 0 Å². The van der Waals surface area contributed by atoms with Gasteiger partial charge in [-0.3, -0.25) is 4.98 Å². The van der Waals surface area contributed by atoms with Crippen LogP contribution in [0.3, 0.4) is 0 Å². The van der Waals surface area contributed by atoms with E-state index in [9.17, 15) is 0 Å². The number of nitrogens with zero attached hydrogens (tertiary/aromatic N) is 3. The van der Waals surface area contributed by atoms with Crippen molar-refractivity contribution in [2.45, 2.75) is 26.7 Å². The number of aromatic nitrogens is 3. The van der Waals surface area contributed by atoms with E-state index in [0.29, 0.717) is 16.9 Å². The minimum absolute atomic E-state index is 0.318. The standard InChI is InChI=1S/C13H14ClN3/c1-8(2)10-7-11(14)17-13(16-10)12-9(3)5-4-6-15-12/h4-8H,1-3H3. The normalized spacial score (nSPS) is 10.9. The van der Waals surface area contributed by atoms with Crippen molar-refractivity contribution < 1.29 is 0 Å². The van der Waals surface area contributed by atoms with Gasteiger partial charge in [0.05, 0.1) is 0 Å². The molecule has 0 aliphatic carbocycles. The van der Waals surface area contributed by atoms with Crippen LogP contribution in [0.25, 0.3) is 11.5 Å². The van der Waals surface area contributed by atoms with Crippen molar-refractivity contribution in [2.24, 2.45) is 0 Å². The Bertz CT molecular complexity index is 538. The highest BCUT2D eigenvalue weighted by molar-refractivity contribution is 6.29. The molecular weight excluding hydrogens is 234 g/mol. The van der Waals surface area contributed by atoms with Gasteiger partial charge in [-0.1, -0.05) is 31.5 Å². The third kappa shape index (κ3) is 2.61. The van der Waals surface area contributed by atoms with Gasteiger partial charge in [-0.15, -0.1) is 0 Å². The van der Waals surface area contributed by atoms with Crippen LogP contribution in [-0.4, -0.2) is 15.0 Å². The van der Waals surface area contributed by atoms with Gasteiger partial charge >= 0.3 is 0 Å². The molecule has 0 amide bonds. The zero-order chi connectivity index (χ0) is 12.4. The van der Waals surface area contributed by atoms with Gasteiger partial charge in [0.15, 0.2) is 5.82 Å². The highest BCUT2D eigenvalue weighted by Crippen LogP contribution is 2.22. The lowest BCUT2D eigenvalue weighted by atomic mass is 10.1. The molecule has 0 N–H and O–H groups in total. The highest BCUT2D eigenvalue weighted by Gasteiger charge is 2.11. The predicted molar refractivity (Wildman–Crippen MR) is 69.1 cm³/mol. The van der Waals surface area contributed by atoms with Crippen LogP contribution >= 0.6 is 11.6 Å². The van der Waals surface area contributed by atoms with Crippen molar-refractivity contribution in [3.05, 3.63) is 40.8 Å². The van der Waals surface area contributed by atoms with Gasteiger partial charge in [0, 0.05) is 11.9 Å². The first-order chi connectivity index (χ1) is 8.08. The SMILES string of the molecule is Cc1cccnc1-c1nc(Cl)cc(C(C)C)n1. The van der Waals surface area contributed by atoms with E-state index in [1.165, 1.54) is 0 Å². The molecule has 0 saturated carbocycles. The third-order valence-electron chi connectivity index (χ3n) is 2.53. The Morgan fingerprint density at radius 2 is 2.00 bits per heavy atom. The lowest BCUT2D eigenvalue weighted by molar-refractivity contribution is 0.815. The Morgan fingerprint density at radius 1 is 1.24 bits per heavy atom. The maximum Gasteiger partial charge on any atom is 0.180 e. The highest BCUT2D eigenvalue weighted by atomic mass is 35.5. The van der Waals surface area contributed by atoms with Crippen molar-refractivity contribution in [3.63, 3.8) is 0 Å². The van der Waals surface area contributed by atoms with Gasteiger partial charge in [0.25, 0.3) is 0 Å². The maximum absolute atomic E-state index is 6.02.